The number of anilines is 1. The largest absolute Gasteiger partial charge is 0.340 e. The van der Waals surface area contributed by atoms with E-state index in [2.05, 4.69) is 39.6 Å². The molecule has 1 atom stereocenters. The van der Waals surface area contributed by atoms with E-state index in [1.165, 1.54) is 5.52 Å². The van der Waals surface area contributed by atoms with Crippen LogP contribution in [0, 0.1) is 0 Å². The van der Waals surface area contributed by atoms with Gasteiger partial charge in [-0.1, -0.05) is 18.6 Å². The number of piperazine rings is 1. The summed E-state index contributed by atoms with van der Waals surface area (Å²) in [7, 11) is 2.10. The van der Waals surface area contributed by atoms with Crippen molar-refractivity contribution < 1.29 is 4.79 Å². The summed E-state index contributed by atoms with van der Waals surface area (Å²) in [4.78, 5) is 23.9. The van der Waals surface area contributed by atoms with Crippen LogP contribution in [0.1, 0.15) is 19.3 Å². The molecule has 1 amide bonds. The summed E-state index contributed by atoms with van der Waals surface area (Å²) in [6.07, 6.45) is 2.90. The summed E-state index contributed by atoms with van der Waals surface area (Å²) in [5, 5.41) is 0. The van der Waals surface area contributed by atoms with E-state index in [1.54, 1.807) is 0 Å². The highest BCUT2D eigenvalue weighted by Gasteiger charge is 2.24. The number of nitrogens with two attached hydrogens (primary N) is 1. The Labute approximate surface area is 177 Å². The third-order valence-electron chi connectivity index (χ3n) is 6.04. The highest BCUT2D eigenvalue weighted by Crippen LogP contribution is 2.22. The SMILES string of the molecule is Cn1c(N2CCN(CCCC[C@H](N)C(=O)N3CCSC3)CC2)nc2ccccc21. The predicted octanol–water partition coefficient (Wildman–Crippen LogP) is 1.73. The lowest BCUT2D eigenvalue weighted by atomic mass is 10.1. The Morgan fingerprint density at radius 3 is 2.69 bits per heavy atom. The van der Waals surface area contributed by atoms with Crippen molar-refractivity contribution in [3.05, 3.63) is 24.3 Å². The third-order valence-corrected chi connectivity index (χ3v) is 7.01. The number of unbranched alkanes of at least 4 members (excludes halogenated alkanes) is 1. The van der Waals surface area contributed by atoms with Crippen LogP contribution in [0.4, 0.5) is 5.95 Å². The fraction of sp³-hybridized carbons (Fsp3) is 0.619. The lowest BCUT2D eigenvalue weighted by molar-refractivity contribution is -0.131. The first-order chi connectivity index (χ1) is 14.1. The number of aromatic nitrogens is 2. The standard InChI is InChI=1S/C21H32N6OS/c1-24-19-8-3-2-7-18(19)23-21(24)26-12-10-25(11-13-26)9-5-4-6-17(22)20(28)27-14-15-29-16-27/h2-3,7-8,17H,4-6,9-16,22H2,1H3/t17-/m0/s1. The van der Waals surface area contributed by atoms with E-state index in [9.17, 15) is 4.79 Å². The van der Waals surface area contributed by atoms with Crippen LogP contribution in [0.3, 0.4) is 0 Å². The minimum absolute atomic E-state index is 0.131. The Bertz CT molecular complexity index is 826. The molecule has 0 radical (unpaired) electrons. The molecular formula is C21H32N6OS. The molecule has 0 spiro atoms. The third kappa shape index (κ3) is 4.70. The molecule has 4 rings (SSSR count). The zero-order chi connectivity index (χ0) is 20.2. The summed E-state index contributed by atoms with van der Waals surface area (Å²) in [6.45, 7) is 6.05. The quantitative estimate of drug-likeness (QED) is 0.693. The number of hydrogen-bond acceptors (Lipinski definition) is 6. The monoisotopic (exact) mass is 416 g/mol. The Morgan fingerprint density at radius 2 is 1.97 bits per heavy atom. The summed E-state index contributed by atoms with van der Waals surface area (Å²) in [5.41, 5.74) is 8.36. The molecule has 0 saturated carbocycles. The molecule has 0 bridgehead atoms. The second kappa shape index (κ2) is 9.36. The van der Waals surface area contributed by atoms with E-state index in [4.69, 9.17) is 10.7 Å². The molecule has 1 aromatic heterocycles. The highest BCUT2D eigenvalue weighted by atomic mass is 32.2. The first kappa shape index (κ1) is 20.5. The van der Waals surface area contributed by atoms with Gasteiger partial charge in [0.25, 0.3) is 0 Å². The fourth-order valence-corrected chi connectivity index (χ4v) is 5.19. The Morgan fingerprint density at radius 1 is 1.17 bits per heavy atom. The van der Waals surface area contributed by atoms with Crippen LogP contribution in [0.2, 0.25) is 0 Å². The van der Waals surface area contributed by atoms with Crippen LogP contribution in [0.5, 0.6) is 0 Å². The second-order valence-electron chi connectivity index (χ2n) is 8.03. The van der Waals surface area contributed by atoms with E-state index in [0.29, 0.717) is 0 Å². The number of aryl methyl sites for hydroxylation is 1. The molecular weight excluding hydrogens is 384 g/mol. The van der Waals surface area contributed by atoms with Crippen LogP contribution in [0.15, 0.2) is 24.3 Å². The van der Waals surface area contributed by atoms with E-state index in [-0.39, 0.29) is 11.9 Å². The van der Waals surface area contributed by atoms with Gasteiger partial charge in [0, 0.05) is 45.5 Å². The van der Waals surface area contributed by atoms with Crippen molar-refractivity contribution in [1.82, 2.24) is 19.4 Å². The van der Waals surface area contributed by atoms with Gasteiger partial charge in [0.15, 0.2) is 0 Å². The zero-order valence-corrected chi connectivity index (χ0v) is 18.1. The van der Waals surface area contributed by atoms with Gasteiger partial charge in [-0.3, -0.25) is 9.69 Å². The van der Waals surface area contributed by atoms with Crippen molar-refractivity contribution in [3.8, 4) is 0 Å². The van der Waals surface area contributed by atoms with Crippen molar-refractivity contribution >= 4 is 34.7 Å². The fourth-order valence-electron chi connectivity index (χ4n) is 4.23. The molecule has 2 N–H and O–H groups in total. The first-order valence-electron chi connectivity index (χ1n) is 10.6. The molecule has 29 heavy (non-hydrogen) atoms. The number of para-hydroxylation sites is 2. The zero-order valence-electron chi connectivity index (χ0n) is 17.3. The van der Waals surface area contributed by atoms with Crippen LogP contribution in [-0.2, 0) is 11.8 Å². The predicted molar refractivity (Wildman–Crippen MR) is 120 cm³/mol. The number of hydrogen-bond donors (Lipinski definition) is 1. The van der Waals surface area contributed by atoms with E-state index < -0.39 is 0 Å². The number of benzene rings is 1. The average molecular weight is 417 g/mol. The average Bonchev–Trinajstić information content (AvgIpc) is 3.40. The lowest BCUT2D eigenvalue weighted by Gasteiger charge is -2.35. The molecule has 2 saturated heterocycles. The van der Waals surface area contributed by atoms with Gasteiger partial charge in [0.2, 0.25) is 11.9 Å². The van der Waals surface area contributed by atoms with Crippen LogP contribution in [-0.4, -0.2) is 82.2 Å². The van der Waals surface area contributed by atoms with Gasteiger partial charge < -0.3 is 20.1 Å². The Hall–Kier alpha value is -1.77. The van der Waals surface area contributed by atoms with Crippen LogP contribution in [0.25, 0.3) is 11.0 Å². The summed E-state index contributed by atoms with van der Waals surface area (Å²) >= 11 is 1.81. The van der Waals surface area contributed by atoms with Crippen molar-refractivity contribution in [2.45, 2.75) is 25.3 Å². The summed E-state index contributed by atoms with van der Waals surface area (Å²) in [6, 6.07) is 7.98. The van der Waals surface area contributed by atoms with Gasteiger partial charge in [0.1, 0.15) is 0 Å². The molecule has 8 heteroatoms. The smallest absolute Gasteiger partial charge is 0.240 e. The highest BCUT2D eigenvalue weighted by molar-refractivity contribution is 7.99. The molecule has 0 unspecified atom stereocenters. The number of amides is 1. The first-order valence-corrected chi connectivity index (χ1v) is 11.8. The van der Waals surface area contributed by atoms with Crippen LogP contribution < -0.4 is 10.6 Å². The molecule has 7 nitrogen and oxygen atoms in total. The molecule has 2 aromatic rings. The van der Waals surface area contributed by atoms with Gasteiger partial charge in [0.05, 0.1) is 23.0 Å². The Balaban J connectivity index is 1.18. The minimum Gasteiger partial charge on any atom is -0.340 e. The van der Waals surface area contributed by atoms with Gasteiger partial charge in [-0.2, -0.15) is 0 Å². The number of rotatable bonds is 7. The Kier molecular flexibility index (Phi) is 6.62. The molecule has 2 aliphatic rings. The maximum Gasteiger partial charge on any atom is 0.240 e. The lowest BCUT2D eigenvalue weighted by Crippen LogP contribution is -2.47. The van der Waals surface area contributed by atoms with Crippen molar-refractivity contribution in [2.75, 3.05) is 55.8 Å². The second-order valence-corrected chi connectivity index (χ2v) is 9.10. The molecule has 0 aliphatic carbocycles. The number of carbonyl (C=O) groups excluding carboxylic acids is 1. The van der Waals surface area contributed by atoms with Gasteiger partial charge in [-0.05, 0) is 31.5 Å². The van der Waals surface area contributed by atoms with Crippen molar-refractivity contribution in [1.29, 1.82) is 0 Å². The van der Waals surface area contributed by atoms with Gasteiger partial charge in [-0.25, -0.2) is 4.98 Å². The number of imidazole rings is 1. The molecule has 1 aromatic carbocycles. The number of carbonyl (C=O) groups is 1. The van der Waals surface area contributed by atoms with Crippen LogP contribution >= 0.6 is 11.8 Å². The van der Waals surface area contributed by atoms with E-state index in [1.807, 2.05) is 22.7 Å². The summed E-state index contributed by atoms with van der Waals surface area (Å²) < 4.78 is 2.20. The van der Waals surface area contributed by atoms with Gasteiger partial charge in [-0.15, -0.1) is 11.8 Å². The molecule has 3 heterocycles. The minimum atomic E-state index is -0.330. The number of fused-ring (bicyclic) bond motifs is 1. The number of nitrogens with zero attached hydrogens (tertiary/aromatic N) is 5. The maximum absolute atomic E-state index is 12.3. The number of thioether (sulfide) groups is 1. The van der Waals surface area contributed by atoms with E-state index >= 15 is 0 Å². The summed E-state index contributed by atoms with van der Waals surface area (Å²) in [5.74, 6) is 3.04. The maximum atomic E-state index is 12.3. The van der Waals surface area contributed by atoms with E-state index in [0.717, 1.165) is 81.6 Å². The van der Waals surface area contributed by atoms with Crippen molar-refractivity contribution in [3.63, 3.8) is 0 Å². The molecule has 2 aliphatic heterocycles. The topological polar surface area (TPSA) is 70.6 Å². The molecule has 2 fully saturated rings. The normalized spacial score (nSPS) is 19.2. The van der Waals surface area contributed by atoms with Gasteiger partial charge >= 0.3 is 0 Å². The molecule has 158 valence electrons. The van der Waals surface area contributed by atoms with Crippen molar-refractivity contribution in [2.24, 2.45) is 12.8 Å².